The number of nitrogens with two attached hydrogens (primary N) is 1. The number of ether oxygens (including phenoxy) is 1. The number of hydrogen-bond acceptors (Lipinski definition) is 4. The third-order valence-electron chi connectivity index (χ3n) is 2.96. The first-order chi connectivity index (χ1) is 8.58. The Morgan fingerprint density at radius 1 is 1.42 bits per heavy atom. The number of hydrogen-bond donors (Lipinski definition) is 2. The Balaban J connectivity index is 0.00000180. The molecule has 3 N–H and O–H groups in total. The maximum Gasteiger partial charge on any atom is 0.335 e. The Hall–Kier alpha value is -0.820. The topological polar surface area (TPSA) is 75.8 Å². The molecule has 1 aliphatic heterocycles. The van der Waals surface area contributed by atoms with Crippen LogP contribution in [-0.4, -0.2) is 42.3 Å². The van der Waals surface area contributed by atoms with Crippen molar-refractivity contribution in [3.63, 3.8) is 0 Å². The van der Waals surface area contributed by atoms with E-state index in [2.05, 4.69) is 20.8 Å². The van der Waals surface area contributed by atoms with Gasteiger partial charge in [0.2, 0.25) is 0 Å². The van der Waals surface area contributed by atoms with E-state index in [1.165, 1.54) is 6.07 Å². The lowest BCUT2D eigenvalue weighted by molar-refractivity contribution is 0.0342. The summed E-state index contributed by atoms with van der Waals surface area (Å²) in [4.78, 5) is 13.2. The zero-order valence-electron chi connectivity index (χ0n) is 10.3. The molecule has 1 saturated heterocycles. The first kappa shape index (κ1) is 16.2. The van der Waals surface area contributed by atoms with Gasteiger partial charge in [-0.2, -0.15) is 0 Å². The molecule has 0 atom stereocenters. The van der Waals surface area contributed by atoms with Crippen molar-refractivity contribution >= 4 is 40.0 Å². The number of nitrogens with zero attached hydrogens (tertiary/aromatic N) is 1. The molecule has 0 spiro atoms. The summed E-state index contributed by atoms with van der Waals surface area (Å²) in [6, 6.07) is 3.17. The maximum absolute atomic E-state index is 11.0. The molecular formula is C12H16BrClN2O3. The van der Waals surface area contributed by atoms with Gasteiger partial charge in [0.15, 0.2) is 0 Å². The van der Waals surface area contributed by atoms with Gasteiger partial charge in [0, 0.05) is 24.1 Å². The van der Waals surface area contributed by atoms with E-state index in [4.69, 9.17) is 15.6 Å². The standard InChI is InChI=1S/C12H15BrN2O3.ClH/c13-10-6-8(12(16)17)5-9(11(10)14)7-15-1-3-18-4-2-15;/h5-6H,1-4,7,14H2,(H,16,17);1H. The Morgan fingerprint density at radius 3 is 2.63 bits per heavy atom. The number of nitrogen functional groups attached to an aromatic ring is 1. The summed E-state index contributed by atoms with van der Waals surface area (Å²) >= 11 is 3.30. The molecule has 1 aliphatic rings. The molecule has 2 rings (SSSR count). The minimum atomic E-state index is -0.945. The van der Waals surface area contributed by atoms with E-state index in [1.54, 1.807) is 6.07 Å². The molecule has 0 radical (unpaired) electrons. The van der Waals surface area contributed by atoms with E-state index in [1.807, 2.05) is 0 Å². The summed E-state index contributed by atoms with van der Waals surface area (Å²) < 4.78 is 5.91. The summed E-state index contributed by atoms with van der Waals surface area (Å²) in [5, 5.41) is 9.04. The van der Waals surface area contributed by atoms with Crippen LogP contribution in [0.4, 0.5) is 5.69 Å². The number of benzene rings is 1. The highest BCUT2D eigenvalue weighted by molar-refractivity contribution is 9.10. The Morgan fingerprint density at radius 2 is 2.05 bits per heavy atom. The minimum absolute atomic E-state index is 0. The number of carbonyl (C=O) groups is 1. The summed E-state index contributed by atoms with van der Waals surface area (Å²) in [5.41, 5.74) is 7.66. The van der Waals surface area contributed by atoms with Crippen molar-refractivity contribution in [2.75, 3.05) is 32.0 Å². The van der Waals surface area contributed by atoms with Crippen molar-refractivity contribution in [3.05, 3.63) is 27.7 Å². The van der Waals surface area contributed by atoms with Crippen LogP contribution in [0.2, 0.25) is 0 Å². The van der Waals surface area contributed by atoms with Gasteiger partial charge in [-0.1, -0.05) is 0 Å². The zero-order chi connectivity index (χ0) is 13.1. The molecule has 106 valence electrons. The van der Waals surface area contributed by atoms with E-state index < -0.39 is 5.97 Å². The fourth-order valence-corrected chi connectivity index (χ4v) is 2.43. The van der Waals surface area contributed by atoms with E-state index >= 15 is 0 Å². The van der Waals surface area contributed by atoms with E-state index in [0.29, 0.717) is 29.9 Å². The van der Waals surface area contributed by atoms with Crippen LogP contribution < -0.4 is 5.73 Å². The van der Waals surface area contributed by atoms with Gasteiger partial charge in [0.25, 0.3) is 0 Å². The molecular weight excluding hydrogens is 336 g/mol. The van der Waals surface area contributed by atoms with E-state index in [-0.39, 0.29) is 18.0 Å². The monoisotopic (exact) mass is 350 g/mol. The molecule has 0 bridgehead atoms. The van der Waals surface area contributed by atoms with Crippen molar-refractivity contribution in [2.24, 2.45) is 0 Å². The third-order valence-corrected chi connectivity index (χ3v) is 3.62. The zero-order valence-corrected chi connectivity index (χ0v) is 12.7. The highest BCUT2D eigenvalue weighted by Gasteiger charge is 2.15. The lowest BCUT2D eigenvalue weighted by atomic mass is 10.1. The number of carboxylic acid groups (broad SMARTS) is 1. The van der Waals surface area contributed by atoms with Crippen LogP contribution in [0.1, 0.15) is 15.9 Å². The van der Waals surface area contributed by atoms with Crippen LogP contribution in [0.25, 0.3) is 0 Å². The predicted molar refractivity (Wildman–Crippen MR) is 78.9 cm³/mol. The second-order valence-corrected chi connectivity index (χ2v) is 5.08. The van der Waals surface area contributed by atoms with Crippen molar-refractivity contribution in [1.82, 2.24) is 4.90 Å². The lowest BCUT2D eigenvalue weighted by Crippen LogP contribution is -2.35. The predicted octanol–water partition coefficient (Wildman–Crippen LogP) is 1.98. The number of carboxylic acids is 1. The molecule has 1 aromatic rings. The normalized spacial score (nSPS) is 15.8. The maximum atomic E-state index is 11.0. The number of rotatable bonds is 3. The smallest absolute Gasteiger partial charge is 0.335 e. The van der Waals surface area contributed by atoms with E-state index in [0.717, 1.165) is 18.7 Å². The summed E-state index contributed by atoms with van der Waals surface area (Å²) in [6.45, 7) is 3.75. The SMILES string of the molecule is Cl.Nc1c(Br)cc(C(=O)O)cc1CN1CCOCC1. The highest BCUT2D eigenvalue weighted by atomic mass is 79.9. The van der Waals surface area contributed by atoms with Crippen molar-refractivity contribution in [2.45, 2.75) is 6.54 Å². The van der Waals surface area contributed by atoms with Gasteiger partial charge in [0.05, 0.1) is 24.5 Å². The van der Waals surface area contributed by atoms with Gasteiger partial charge in [-0.25, -0.2) is 4.79 Å². The van der Waals surface area contributed by atoms with Gasteiger partial charge in [-0.05, 0) is 33.6 Å². The van der Waals surface area contributed by atoms with Crippen LogP contribution in [0.3, 0.4) is 0 Å². The first-order valence-electron chi connectivity index (χ1n) is 5.69. The fraction of sp³-hybridized carbons (Fsp3) is 0.417. The number of aromatic carboxylic acids is 1. The van der Waals surface area contributed by atoms with Crippen molar-refractivity contribution < 1.29 is 14.6 Å². The molecule has 19 heavy (non-hydrogen) atoms. The summed E-state index contributed by atoms with van der Waals surface area (Å²) in [7, 11) is 0. The molecule has 5 nitrogen and oxygen atoms in total. The quantitative estimate of drug-likeness (QED) is 0.815. The molecule has 0 aliphatic carbocycles. The average molecular weight is 352 g/mol. The molecule has 1 aromatic carbocycles. The Bertz CT molecular complexity index is 465. The molecule has 7 heteroatoms. The van der Waals surface area contributed by atoms with Crippen molar-refractivity contribution in [3.8, 4) is 0 Å². The second-order valence-electron chi connectivity index (χ2n) is 4.22. The van der Waals surface area contributed by atoms with Gasteiger partial charge >= 0.3 is 5.97 Å². The van der Waals surface area contributed by atoms with Gasteiger partial charge in [-0.15, -0.1) is 12.4 Å². The van der Waals surface area contributed by atoms with Gasteiger partial charge < -0.3 is 15.6 Å². The van der Waals surface area contributed by atoms with Crippen LogP contribution in [0.15, 0.2) is 16.6 Å². The number of morpholine rings is 1. The molecule has 1 heterocycles. The van der Waals surface area contributed by atoms with E-state index in [9.17, 15) is 4.79 Å². The molecule has 1 fully saturated rings. The largest absolute Gasteiger partial charge is 0.478 e. The summed E-state index contributed by atoms with van der Waals surface area (Å²) in [5.74, 6) is -0.945. The highest BCUT2D eigenvalue weighted by Crippen LogP contribution is 2.27. The third kappa shape index (κ3) is 4.07. The molecule has 0 unspecified atom stereocenters. The van der Waals surface area contributed by atoms with Crippen LogP contribution in [0, 0.1) is 0 Å². The van der Waals surface area contributed by atoms with Crippen LogP contribution >= 0.6 is 28.3 Å². The summed E-state index contributed by atoms with van der Waals surface area (Å²) in [6.07, 6.45) is 0. The molecule has 0 amide bonds. The lowest BCUT2D eigenvalue weighted by Gasteiger charge is -2.27. The average Bonchev–Trinajstić information content (AvgIpc) is 2.35. The Labute approximate surface area is 126 Å². The first-order valence-corrected chi connectivity index (χ1v) is 6.48. The molecule has 0 aromatic heterocycles. The fourth-order valence-electron chi connectivity index (χ4n) is 1.93. The second kappa shape index (κ2) is 7.09. The number of halogens is 2. The van der Waals surface area contributed by atoms with Crippen LogP contribution in [-0.2, 0) is 11.3 Å². The van der Waals surface area contributed by atoms with Gasteiger partial charge in [0.1, 0.15) is 0 Å². The minimum Gasteiger partial charge on any atom is -0.478 e. The Kier molecular flexibility index (Phi) is 6.06. The van der Waals surface area contributed by atoms with Crippen LogP contribution in [0.5, 0.6) is 0 Å². The molecule has 0 saturated carbocycles. The number of anilines is 1. The van der Waals surface area contributed by atoms with Gasteiger partial charge in [-0.3, -0.25) is 4.90 Å². The van der Waals surface area contributed by atoms with Crippen molar-refractivity contribution in [1.29, 1.82) is 0 Å².